The molecule has 1 atom stereocenters. The van der Waals surface area contributed by atoms with Crippen molar-refractivity contribution in [3.63, 3.8) is 0 Å². The number of ether oxygens (including phenoxy) is 1. The van der Waals surface area contributed by atoms with Crippen molar-refractivity contribution in [1.29, 1.82) is 0 Å². The molecule has 1 aromatic heterocycles. The monoisotopic (exact) mass is 327 g/mol. The summed E-state index contributed by atoms with van der Waals surface area (Å²) in [7, 11) is -1.43. The molecule has 1 aliphatic rings. The molecule has 1 saturated heterocycles. The third-order valence-corrected chi connectivity index (χ3v) is 5.36. The molecule has 1 aromatic rings. The highest BCUT2D eigenvalue weighted by Crippen LogP contribution is 2.19. The zero-order valence-corrected chi connectivity index (χ0v) is 13.4. The summed E-state index contributed by atoms with van der Waals surface area (Å²) in [4.78, 5) is 14.0. The molecule has 2 rings (SSSR count). The molecule has 7 heteroatoms. The SMILES string of the molecule is COCCCN(C(=O)/C=C/c1ccco1)C1CCS(=O)(=O)C1. The maximum Gasteiger partial charge on any atom is 0.246 e. The Kier molecular flexibility index (Phi) is 5.79. The second-order valence-electron chi connectivity index (χ2n) is 5.28. The van der Waals surface area contributed by atoms with Gasteiger partial charge in [-0.1, -0.05) is 0 Å². The summed E-state index contributed by atoms with van der Waals surface area (Å²) in [6, 6.07) is 3.24. The van der Waals surface area contributed by atoms with Crippen molar-refractivity contribution in [3.8, 4) is 0 Å². The molecule has 0 bridgehead atoms. The van der Waals surface area contributed by atoms with Crippen LogP contribution in [0, 0.1) is 0 Å². The highest BCUT2D eigenvalue weighted by Gasteiger charge is 2.33. The van der Waals surface area contributed by atoms with Crippen LogP contribution in [-0.4, -0.2) is 57.0 Å². The van der Waals surface area contributed by atoms with E-state index in [4.69, 9.17) is 9.15 Å². The Hall–Kier alpha value is -1.60. The van der Waals surface area contributed by atoms with Gasteiger partial charge in [0.2, 0.25) is 5.91 Å². The summed E-state index contributed by atoms with van der Waals surface area (Å²) in [6.07, 6.45) is 5.72. The van der Waals surface area contributed by atoms with Crippen LogP contribution in [-0.2, 0) is 19.4 Å². The molecule has 1 unspecified atom stereocenters. The van der Waals surface area contributed by atoms with Gasteiger partial charge < -0.3 is 14.1 Å². The zero-order chi connectivity index (χ0) is 16.0. The molecule has 0 radical (unpaired) electrons. The normalized spacial score (nSPS) is 20.5. The predicted octanol–water partition coefficient (Wildman–Crippen LogP) is 1.34. The fourth-order valence-electron chi connectivity index (χ4n) is 2.51. The standard InChI is InChI=1S/C15H21NO5S/c1-20-9-3-8-16(13-7-11-22(18,19)12-13)15(17)6-5-14-4-2-10-21-14/h2,4-6,10,13H,3,7-9,11-12H2,1H3/b6-5+. The Balaban J connectivity index is 2.04. The second-order valence-corrected chi connectivity index (χ2v) is 7.51. The molecule has 2 heterocycles. The highest BCUT2D eigenvalue weighted by molar-refractivity contribution is 7.91. The molecule has 0 aromatic carbocycles. The van der Waals surface area contributed by atoms with E-state index in [9.17, 15) is 13.2 Å². The zero-order valence-electron chi connectivity index (χ0n) is 12.6. The Morgan fingerprint density at radius 3 is 2.95 bits per heavy atom. The second kappa shape index (κ2) is 7.60. The number of furan rings is 1. The lowest BCUT2D eigenvalue weighted by atomic mass is 10.2. The van der Waals surface area contributed by atoms with Gasteiger partial charge in [0.25, 0.3) is 0 Å². The maximum absolute atomic E-state index is 12.4. The van der Waals surface area contributed by atoms with Gasteiger partial charge in [-0.25, -0.2) is 8.42 Å². The largest absolute Gasteiger partial charge is 0.465 e. The minimum absolute atomic E-state index is 0.0420. The van der Waals surface area contributed by atoms with Crippen molar-refractivity contribution in [2.45, 2.75) is 18.9 Å². The number of carbonyl (C=O) groups is 1. The lowest BCUT2D eigenvalue weighted by Gasteiger charge is -2.27. The van der Waals surface area contributed by atoms with Crippen molar-refractivity contribution in [3.05, 3.63) is 30.2 Å². The van der Waals surface area contributed by atoms with Crippen LogP contribution in [0.2, 0.25) is 0 Å². The van der Waals surface area contributed by atoms with Crippen LogP contribution in [0.15, 0.2) is 28.9 Å². The van der Waals surface area contributed by atoms with Crippen LogP contribution in [0.1, 0.15) is 18.6 Å². The number of carbonyl (C=O) groups excluding carboxylic acids is 1. The average molecular weight is 327 g/mol. The summed E-state index contributed by atoms with van der Waals surface area (Å²) in [5.74, 6) is 0.576. The molecule has 0 saturated carbocycles. The first kappa shape index (κ1) is 16.8. The van der Waals surface area contributed by atoms with E-state index < -0.39 is 9.84 Å². The van der Waals surface area contributed by atoms with E-state index in [-0.39, 0.29) is 23.5 Å². The predicted molar refractivity (Wildman–Crippen MR) is 83.0 cm³/mol. The van der Waals surface area contributed by atoms with E-state index in [0.29, 0.717) is 31.8 Å². The quantitative estimate of drug-likeness (QED) is 0.558. The Bertz CT molecular complexity index is 606. The van der Waals surface area contributed by atoms with Crippen molar-refractivity contribution in [2.24, 2.45) is 0 Å². The van der Waals surface area contributed by atoms with Crippen LogP contribution in [0.4, 0.5) is 0 Å². The van der Waals surface area contributed by atoms with Crippen LogP contribution in [0.25, 0.3) is 6.08 Å². The molecule has 0 spiro atoms. The summed E-state index contributed by atoms with van der Waals surface area (Å²) in [6.45, 7) is 1.01. The van der Waals surface area contributed by atoms with Gasteiger partial charge in [0, 0.05) is 32.4 Å². The van der Waals surface area contributed by atoms with E-state index in [2.05, 4.69) is 0 Å². The topological polar surface area (TPSA) is 76.8 Å². The molecule has 6 nitrogen and oxygen atoms in total. The summed E-state index contributed by atoms with van der Waals surface area (Å²) in [5, 5.41) is 0. The third kappa shape index (κ3) is 4.71. The number of rotatable bonds is 7. The average Bonchev–Trinajstić information content (AvgIpc) is 3.10. The molecule has 0 N–H and O–H groups in total. The fraction of sp³-hybridized carbons (Fsp3) is 0.533. The van der Waals surface area contributed by atoms with E-state index in [1.165, 1.54) is 12.3 Å². The van der Waals surface area contributed by atoms with Gasteiger partial charge in [-0.2, -0.15) is 0 Å². The Morgan fingerprint density at radius 2 is 2.36 bits per heavy atom. The molecule has 0 aliphatic carbocycles. The van der Waals surface area contributed by atoms with Crippen molar-refractivity contribution in [1.82, 2.24) is 4.90 Å². The molecule has 122 valence electrons. The van der Waals surface area contributed by atoms with Crippen LogP contribution in [0.3, 0.4) is 0 Å². The number of hydrogen-bond donors (Lipinski definition) is 0. The minimum Gasteiger partial charge on any atom is -0.465 e. The molecule has 1 fully saturated rings. The molecular weight excluding hydrogens is 306 g/mol. The smallest absolute Gasteiger partial charge is 0.246 e. The van der Waals surface area contributed by atoms with E-state index in [0.717, 1.165) is 0 Å². The van der Waals surface area contributed by atoms with Crippen molar-refractivity contribution >= 4 is 21.8 Å². The van der Waals surface area contributed by atoms with Gasteiger partial charge in [0.1, 0.15) is 5.76 Å². The van der Waals surface area contributed by atoms with Gasteiger partial charge in [0.05, 0.1) is 17.8 Å². The van der Waals surface area contributed by atoms with E-state index >= 15 is 0 Å². The van der Waals surface area contributed by atoms with Crippen LogP contribution >= 0.6 is 0 Å². The number of sulfone groups is 1. The molecule has 1 amide bonds. The number of amides is 1. The van der Waals surface area contributed by atoms with Gasteiger partial charge in [0.15, 0.2) is 9.84 Å². The Morgan fingerprint density at radius 1 is 1.55 bits per heavy atom. The molecule has 1 aliphatic heterocycles. The first-order chi connectivity index (χ1) is 10.5. The van der Waals surface area contributed by atoms with E-state index in [1.54, 1.807) is 30.2 Å². The molecular formula is C15H21NO5S. The summed E-state index contributed by atoms with van der Waals surface area (Å²) in [5.41, 5.74) is 0. The van der Waals surface area contributed by atoms with Gasteiger partial charge in [-0.05, 0) is 31.1 Å². The van der Waals surface area contributed by atoms with Gasteiger partial charge in [-0.3, -0.25) is 4.79 Å². The first-order valence-electron chi connectivity index (χ1n) is 7.23. The summed E-state index contributed by atoms with van der Waals surface area (Å²) >= 11 is 0. The van der Waals surface area contributed by atoms with E-state index in [1.807, 2.05) is 0 Å². The maximum atomic E-state index is 12.4. The first-order valence-corrected chi connectivity index (χ1v) is 9.05. The minimum atomic E-state index is -3.03. The lowest BCUT2D eigenvalue weighted by molar-refractivity contribution is -0.127. The molecule has 22 heavy (non-hydrogen) atoms. The highest BCUT2D eigenvalue weighted by atomic mass is 32.2. The Labute approximate surface area is 130 Å². The fourth-order valence-corrected chi connectivity index (χ4v) is 4.24. The third-order valence-electron chi connectivity index (χ3n) is 3.61. The summed E-state index contributed by atoms with van der Waals surface area (Å²) < 4.78 is 33.4. The van der Waals surface area contributed by atoms with Crippen LogP contribution < -0.4 is 0 Å². The van der Waals surface area contributed by atoms with Crippen molar-refractivity contribution < 1.29 is 22.4 Å². The number of hydrogen-bond acceptors (Lipinski definition) is 5. The number of methoxy groups -OCH3 is 1. The van der Waals surface area contributed by atoms with Crippen molar-refractivity contribution in [2.75, 3.05) is 31.8 Å². The van der Waals surface area contributed by atoms with Crippen LogP contribution in [0.5, 0.6) is 0 Å². The lowest BCUT2D eigenvalue weighted by Crippen LogP contribution is -2.41. The van der Waals surface area contributed by atoms with Gasteiger partial charge >= 0.3 is 0 Å². The van der Waals surface area contributed by atoms with Gasteiger partial charge in [-0.15, -0.1) is 0 Å². The number of nitrogens with zero attached hydrogens (tertiary/aromatic N) is 1.